The first-order chi connectivity index (χ1) is 16.3. The van der Waals surface area contributed by atoms with Crippen molar-refractivity contribution in [2.75, 3.05) is 19.6 Å². The first-order valence-electron chi connectivity index (χ1n) is 12.4. The van der Waals surface area contributed by atoms with Gasteiger partial charge in [0.25, 0.3) is 5.91 Å². The highest BCUT2D eigenvalue weighted by Crippen LogP contribution is 2.30. The second-order valence-corrected chi connectivity index (χ2v) is 10.4. The molecule has 2 aromatic rings. The van der Waals surface area contributed by atoms with E-state index in [1.807, 2.05) is 45.0 Å². The quantitative estimate of drug-likeness (QED) is 0.508. The van der Waals surface area contributed by atoms with Crippen molar-refractivity contribution in [2.24, 2.45) is 0 Å². The van der Waals surface area contributed by atoms with Gasteiger partial charge in [-0.05, 0) is 82.7 Å². The van der Waals surface area contributed by atoms with Crippen molar-refractivity contribution in [3.8, 4) is 11.1 Å². The molecule has 0 spiro atoms. The van der Waals surface area contributed by atoms with Crippen LogP contribution in [0.1, 0.15) is 52.0 Å². The lowest BCUT2D eigenvalue weighted by molar-refractivity contribution is -0.125. The van der Waals surface area contributed by atoms with Crippen LogP contribution >= 0.6 is 0 Å². The molecule has 0 aliphatic carbocycles. The number of carbonyl (C=O) groups is 2. The monoisotopic (exact) mass is 460 g/mol. The van der Waals surface area contributed by atoms with Crippen molar-refractivity contribution >= 4 is 12.0 Å². The van der Waals surface area contributed by atoms with Gasteiger partial charge in [0, 0.05) is 18.2 Å². The Hall–Kier alpha value is -2.92. The number of carbonyl (C=O) groups excluding carboxylic acids is 2. The van der Waals surface area contributed by atoms with Gasteiger partial charge >= 0.3 is 6.09 Å². The summed E-state index contributed by atoms with van der Waals surface area (Å²) in [6.45, 7) is 8.43. The molecule has 2 amide bonds. The number of hydrogen-bond donors (Lipinski definition) is 0. The third-order valence-corrected chi connectivity index (χ3v) is 6.53. The van der Waals surface area contributed by atoms with Crippen LogP contribution in [-0.2, 0) is 16.0 Å². The van der Waals surface area contributed by atoms with Crippen LogP contribution in [0.5, 0.6) is 0 Å². The van der Waals surface area contributed by atoms with E-state index in [0.29, 0.717) is 6.42 Å². The molecule has 2 saturated heterocycles. The molecule has 34 heavy (non-hydrogen) atoms. The maximum Gasteiger partial charge on any atom is 0.417 e. The van der Waals surface area contributed by atoms with E-state index in [4.69, 9.17) is 4.74 Å². The van der Waals surface area contributed by atoms with Gasteiger partial charge in [-0.3, -0.25) is 9.69 Å². The van der Waals surface area contributed by atoms with Gasteiger partial charge in [-0.1, -0.05) is 60.7 Å². The first kappa shape index (κ1) is 24.2. The van der Waals surface area contributed by atoms with Gasteiger partial charge in [-0.15, -0.1) is 0 Å². The highest BCUT2D eigenvalue weighted by Gasteiger charge is 2.41. The number of ether oxygens (including phenoxy) is 1. The van der Waals surface area contributed by atoms with E-state index in [2.05, 4.69) is 41.3 Å². The highest BCUT2D eigenvalue weighted by molar-refractivity contribution is 6.05. The normalized spacial score (nSPS) is 20.3. The van der Waals surface area contributed by atoms with Gasteiger partial charge in [0.2, 0.25) is 0 Å². The average Bonchev–Trinajstić information content (AvgIpc) is 3.44. The smallest absolute Gasteiger partial charge is 0.417 e. The molecule has 0 N–H and O–H groups in total. The van der Waals surface area contributed by atoms with Crippen molar-refractivity contribution in [2.45, 2.75) is 64.5 Å². The maximum absolute atomic E-state index is 13.2. The fraction of sp³-hybridized carbons (Fsp3) is 0.448. The third kappa shape index (κ3) is 6.15. The van der Waals surface area contributed by atoms with Crippen LogP contribution in [0.15, 0.2) is 66.2 Å². The van der Waals surface area contributed by atoms with E-state index in [1.54, 1.807) is 0 Å². The zero-order chi connectivity index (χ0) is 24.1. The van der Waals surface area contributed by atoms with E-state index in [1.165, 1.54) is 34.4 Å². The number of amides is 2. The number of benzene rings is 2. The summed E-state index contributed by atoms with van der Waals surface area (Å²) in [5, 5.41) is 0. The molecule has 0 bridgehead atoms. The van der Waals surface area contributed by atoms with Crippen LogP contribution in [0.2, 0.25) is 0 Å². The number of imide groups is 1. The maximum atomic E-state index is 13.2. The number of hydrogen-bond acceptors (Lipinski definition) is 4. The highest BCUT2D eigenvalue weighted by atomic mass is 16.6. The SMILES string of the molecule is CC(C)(C)OC(=O)N1C(=O)/C(=C/CN2CCCC2)C[C@H]1CCc1ccc(-c2ccccc2)cc1. The topological polar surface area (TPSA) is 49.9 Å². The Labute approximate surface area is 203 Å². The van der Waals surface area contributed by atoms with Crippen LogP contribution in [0.4, 0.5) is 4.79 Å². The molecular formula is C29H36N2O3. The lowest BCUT2D eigenvalue weighted by Gasteiger charge is -2.27. The molecule has 5 heteroatoms. The van der Waals surface area contributed by atoms with Crippen LogP contribution in [0.25, 0.3) is 11.1 Å². The van der Waals surface area contributed by atoms with E-state index in [9.17, 15) is 9.59 Å². The minimum Gasteiger partial charge on any atom is -0.443 e. The Balaban J connectivity index is 1.45. The molecule has 0 unspecified atom stereocenters. The fourth-order valence-corrected chi connectivity index (χ4v) is 4.73. The number of likely N-dealkylation sites (tertiary alicyclic amines) is 2. The van der Waals surface area contributed by atoms with Gasteiger partial charge in [0.15, 0.2) is 0 Å². The molecule has 5 nitrogen and oxygen atoms in total. The minimum atomic E-state index is -0.642. The molecule has 1 atom stereocenters. The van der Waals surface area contributed by atoms with Gasteiger partial charge in [0.05, 0.1) is 0 Å². The van der Waals surface area contributed by atoms with E-state index >= 15 is 0 Å². The number of rotatable bonds is 6. The van der Waals surface area contributed by atoms with E-state index < -0.39 is 11.7 Å². The molecular weight excluding hydrogens is 424 g/mol. The van der Waals surface area contributed by atoms with Crippen molar-refractivity contribution < 1.29 is 14.3 Å². The lowest BCUT2D eigenvalue weighted by Crippen LogP contribution is -2.42. The zero-order valence-electron chi connectivity index (χ0n) is 20.6. The Bertz CT molecular complexity index is 1020. The molecule has 0 radical (unpaired) electrons. The van der Waals surface area contributed by atoms with Crippen LogP contribution in [-0.4, -0.2) is 53.1 Å². The Morgan fingerprint density at radius 1 is 1.00 bits per heavy atom. The van der Waals surface area contributed by atoms with Crippen molar-refractivity contribution in [1.82, 2.24) is 9.80 Å². The molecule has 180 valence electrons. The Morgan fingerprint density at radius 2 is 1.65 bits per heavy atom. The third-order valence-electron chi connectivity index (χ3n) is 6.53. The molecule has 2 aliphatic rings. The van der Waals surface area contributed by atoms with Crippen molar-refractivity contribution in [3.63, 3.8) is 0 Å². The molecule has 0 saturated carbocycles. The fourth-order valence-electron chi connectivity index (χ4n) is 4.73. The summed E-state index contributed by atoms with van der Waals surface area (Å²) >= 11 is 0. The summed E-state index contributed by atoms with van der Waals surface area (Å²) in [5.74, 6) is -0.196. The number of nitrogens with zero attached hydrogens (tertiary/aromatic N) is 2. The van der Waals surface area contributed by atoms with Crippen LogP contribution < -0.4 is 0 Å². The minimum absolute atomic E-state index is 0.180. The molecule has 4 rings (SSSR count). The molecule has 2 aromatic carbocycles. The summed E-state index contributed by atoms with van der Waals surface area (Å²) in [5.41, 5.74) is 3.67. The lowest BCUT2D eigenvalue weighted by atomic mass is 9.99. The Kier molecular flexibility index (Phi) is 7.52. The standard InChI is InChI=1S/C29H36N2O3/c1-29(2,3)34-28(33)31-26(21-25(27(31)32)17-20-30-18-7-8-19-30)16-13-22-11-14-24(15-12-22)23-9-5-4-6-10-23/h4-6,9-12,14-15,17,26H,7-8,13,16,18-21H2,1-3H3/b25-17+/t26-/m1/s1. The Morgan fingerprint density at radius 3 is 2.29 bits per heavy atom. The summed E-state index contributed by atoms with van der Waals surface area (Å²) in [4.78, 5) is 29.9. The van der Waals surface area contributed by atoms with Crippen LogP contribution in [0.3, 0.4) is 0 Å². The molecule has 0 aromatic heterocycles. The van der Waals surface area contributed by atoms with Gasteiger partial charge in [-0.2, -0.15) is 0 Å². The molecule has 2 aliphatic heterocycles. The molecule has 2 heterocycles. The van der Waals surface area contributed by atoms with Crippen molar-refractivity contribution in [1.29, 1.82) is 0 Å². The number of aryl methyl sites for hydroxylation is 1. The summed E-state index contributed by atoms with van der Waals surface area (Å²) in [6, 6.07) is 18.7. The summed E-state index contributed by atoms with van der Waals surface area (Å²) in [6.07, 6.45) is 6.03. The molecule has 2 fully saturated rings. The van der Waals surface area contributed by atoms with Gasteiger partial charge in [-0.25, -0.2) is 9.69 Å². The first-order valence-corrected chi connectivity index (χ1v) is 12.4. The van der Waals surface area contributed by atoms with Crippen molar-refractivity contribution in [3.05, 3.63) is 71.8 Å². The van der Waals surface area contributed by atoms with Gasteiger partial charge in [0.1, 0.15) is 5.60 Å². The second-order valence-electron chi connectivity index (χ2n) is 10.4. The predicted molar refractivity (Wildman–Crippen MR) is 135 cm³/mol. The largest absolute Gasteiger partial charge is 0.443 e. The summed E-state index contributed by atoms with van der Waals surface area (Å²) < 4.78 is 5.59. The zero-order valence-corrected chi connectivity index (χ0v) is 20.6. The van der Waals surface area contributed by atoms with Gasteiger partial charge < -0.3 is 4.74 Å². The summed E-state index contributed by atoms with van der Waals surface area (Å²) in [7, 11) is 0. The van der Waals surface area contributed by atoms with E-state index in [0.717, 1.165) is 38.0 Å². The average molecular weight is 461 g/mol. The predicted octanol–water partition coefficient (Wildman–Crippen LogP) is 5.84. The van der Waals surface area contributed by atoms with E-state index in [-0.39, 0.29) is 11.9 Å². The second kappa shape index (κ2) is 10.6. The van der Waals surface area contributed by atoms with Crippen LogP contribution in [0, 0.1) is 0 Å².